The Bertz CT molecular complexity index is 373. The summed E-state index contributed by atoms with van der Waals surface area (Å²) in [5.74, 6) is 0.474. The standard InChI is InChI=1S/C10H10ClNOS/c1-2-7-3-4-8(14-6-5-12)9(11)10(7)13/h3-4,13H,2,6H2,1H3. The van der Waals surface area contributed by atoms with Crippen molar-refractivity contribution in [2.45, 2.75) is 18.2 Å². The number of halogens is 1. The summed E-state index contributed by atoms with van der Waals surface area (Å²) < 4.78 is 0. The van der Waals surface area contributed by atoms with Crippen LogP contribution >= 0.6 is 23.4 Å². The topological polar surface area (TPSA) is 44.0 Å². The lowest BCUT2D eigenvalue weighted by Crippen LogP contribution is -1.85. The lowest BCUT2D eigenvalue weighted by Gasteiger charge is -2.07. The smallest absolute Gasteiger partial charge is 0.138 e. The zero-order valence-electron chi connectivity index (χ0n) is 7.75. The number of aryl methyl sites for hydroxylation is 1. The maximum atomic E-state index is 9.65. The van der Waals surface area contributed by atoms with Gasteiger partial charge in [0.15, 0.2) is 0 Å². The number of nitriles is 1. The van der Waals surface area contributed by atoms with Crippen molar-refractivity contribution in [2.75, 3.05) is 5.75 Å². The van der Waals surface area contributed by atoms with Crippen molar-refractivity contribution < 1.29 is 5.11 Å². The van der Waals surface area contributed by atoms with Crippen molar-refractivity contribution in [3.05, 3.63) is 22.7 Å². The maximum absolute atomic E-state index is 9.65. The highest BCUT2D eigenvalue weighted by molar-refractivity contribution is 7.99. The fourth-order valence-electron chi connectivity index (χ4n) is 1.09. The number of rotatable bonds is 3. The van der Waals surface area contributed by atoms with E-state index in [4.69, 9.17) is 16.9 Å². The summed E-state index contributed by atoms with van der Waals surface area (Å²) in [6.45, 7) is 1.95. The molecular formula is C10H10ClNOS. The van der Waals surface area contributed by atoms with Crippen molar-refractivity contribution in [1.29, 1.82) is 5.26 Å². The number of benzene rings is 1. The molecule has 1 aromatic rings. The first-order valence-electron chi connectivity index (χ1n) is 4.20. The summed E-state index contributed by atoms with van der Waals surface area (Å²) in [7, 11) is 0. The van der Waals surface area contributed by atoms with Crippen LogP contribution in [0, 0.1) is 11.3 Å². The van der Waals surface area contributed by atoms with Crippen LogP contribution in [0.5, 0.6) is 5.75 Å². The second-order valence-electron chi connectivity index (χ2n) is 2.69. The van der Waals surface area contributed by atoms with Crippen LogP contribution in [0.25, 0.3) is 0 Å². The van der Waals surface area contributed by atoms with Gasteiger partial charge in [0.2, 0.25) is 0 Å². The van der Waals surface area contributed by atoms with Gasteiger partial charge in [-0.1, -0.05) is 24.6 Å². The summed E-state index contributed by atoms with van der Waals surface area (Å²) in [5, 5.41) is 18.4. The van der Waals surface area contributed by atoms with E-state index in [0.717, 1.165) is 16.9 Å². The van der Waals surface area contributed by atoms with E-state index in [1.54, 1.807) is 0 Å². The van der Waals surface area contributed by atoms with E-state index in [1.165, 1.54) is 11.8 Å². The summed E-state index contributed by atoms with van der Waals surface area (Å²) in [4.78, 5) is 0.753. The Morgan fingerprint density at radius 3 is 2.86 bits per heavy atom. The largest absolute Gasteiger partial charge is 0.506 e. The molecule has 0 unspecified atom stereocenters. The van der Waals surface area contributed by atoms with Gasteiger partial charge in [-0.15, -0.1) is 11.8 Å². The molecule has 0 aliphatic rings. The van der Waals surface area contributed by atoms with E-state index in [0.29, 0.717) is 10.8 Å². The van der Waals surface area contributed by atoms with Gasteiger partial charge in [-0.2, -0.15) is 5.26 Å². The molecule has 0 atom stereocenters. The van der Waals surface area contributed by atoms with Gasteiger partial charge in [0.25, 0.3) is 0 Å². The van der Waals surface area contributed by atoms with Crippen LogP contribution < -0.4 is 0 Å². The second kappa shape index (κ2) is 5.14. The van der Waals surface area contributed by atoms with E-state index in [9.17, 15) is 5.11 Å². The number of hydrogen-bond donors (Lipinski definition) is 1. The molecule has 1 aromatic carbocycles. The third-order valence-electron chi connectivity index (χ3n) is 1.84. The van der Waals surface area contributed by atoms with E-state index < -0.39 is 0 Å². The minimum absolute atomic E-state index is 0.136. The number of phenolic OH excluding ortho intramolecular Hbond substituents is 1. The Morgan fingerprint density at radius 2 is 2.29 bits per heavy atom. The molecule has 74 valence electrons. The van der Waals surface area contributed by atoms with Crippen LogP contribution in [0.2, 0.25) is 5.02 Å². The van der Waals surface area contributed by atoms with E-state index in [2.05, 4.69) is 0 Å². The van der Waals surface area contributed by atoms with Gasteiger partial charge >= 0.3 is 0 Å². The van der Waals surface area contributed by atoms with Crippen molar-refractivity contribution in [3.63, 3.8) is 0 Å². The molecule has 0 aliphatic carbocycles. The van der Waals surface area contributed by atoms with Gasteiger partial charge in [-0.05, 0) is 18.1 Å². The van der Waals surface area contributed by atoms with E-state index in [-0.39, 0.29) is 5.75 Å². The Balaban J connectivity index is 2.99. The first-order valence-corrected chi connectivity index (χ1v) is 5.57. The van der Waals surface area contributed by atoms with Gasteiger partial charge in [-0.25, -0.2) is 0 Å². The number of thioether (sulfide) groups is 1. The molecule has 0 bridgehead atoms. The van der Waals surface area contributed by atoms with Crippen molar-refractivity contribution >= 4 is 23.4 Å². The van der Waals surface area contributed by atoms with Crippen LogP contribution in [0.3, 0.4) is 0 Å². The maximum Gasteiger partial charge on any atom is 0.138 e. The third-order valence-corrected chi connectivity index (χ3v) is 3.26. The molecule has 1 N–H and O–H groups in total. The lowest BCUT2D eigenvalue weighted by molar-refractivity contribution is 0.467. The molecule has 4 heteroatoms. The Kier molecular flexibility index (Phi) is 4.12. The molecular weight excluding hydrogens is 218 g/mol. The van der Waals surface area contributed by atoms with Crippen LogP contribution in [0.4, 0.5) is 0 Å². The minimum Gasteiger partial charge on any atom is -0.506 e. The predicted octanol–water partition coefficient (Wildman–Crippen LogP) is 3.22. The van der Waals surface area contributed by atoms with Gasteiger partial charge in [-0.3, -0.25) is 0 Å². The van der Waals surface area contributed by atoms with E-state index >= 15 is 0 Å². The molecule has 14 heavy (non-hydrogen) atoms. The van der Waals surface area contributed by atoms with Crippen LogP contribution in [0.1, 0.15) is 12.5 Å². The summed E-state index contributed by atoms with van der Waals surface area (Å²) in [6.07, 6.45) is 0.745. The number of aromatic hydroxyl groups is 1. The van der Waals surface area contributed by atoms with Crippen molar-refractivity contribution in [3.8, 4) is 11.8 Å². The molecule has 0 aromatic heterocycles. The molecule has 0 aliphatic heterocycles. The van der Waals surface area contributed by atoms with Gasteiger partial charge in [0.1, 0.15) is 5.75 Å². The quantitative estimate of drug-likeness (QED) is 0.807. The number of phenols is 1. The van der Waals surface area contributed by atoms with Crippen LogP contribution in [-0.2, 0) is 6.42 Å². The summed E-state index contributed by atoms with van der Waals surface area (Å²) in [5.41, 5.74) is 0.830. The monoisotopic (exact) mass is 227 g/mol. The first-order chi connectivity index (χ1) is 6.70. The Morgan fingerprint density at radius 1 is 1.57 bits per heavy atom. The predicted molar refractivity (Wildman–Crippen MR) is 58.8 cm³/mol. The molecule has 0 saturated heterocycles. The Hall–Kier alpha value is -0.850. The molecule has 0 saturated carbocycles. The fourth-order valence-corrected chi connectivity index (χ4v) is 2.05. The SMILES string of the molecule is CCc1ccc(SCC#N)c(Cl)c1O. The number of nitrogens with zero attached hydrogens (tertiary/aromatic N) is 1. The van der Waals surface area contributed by atoms with Crippen molar-refractivity contribution in [2.24, 2.45) is 0 Å². The molecule has 2 nitrogen and oxygen atoms in total. The lowest BCUT2D eigenvalue weighted by atomic mass is 10.1. The molecule has 0 spiro atoms. The fraction of sp³-hybridized carbons (Fsp3) is 0.300. The summed E-state index contributed by atoms with van der Waals surface area (Å²) in [6, 6.07) is 5.68. The third kappa shape index (κ3) is 2.34. The van der Waals surface area contributed by atoms with Gasteiger partial charge in [0, 0.05) is 4.90 Å². The highest BCUT2D eigenvalue weighted by Crippen LogP contribution is 2.36. The first kappa shape index (κ1) is 11.2. The number of hydrogen-bond acceptors (Lipinski definition) is 3. The van der Waals surface area contributed by atoms with E-state index in [1.807, 2.05) is 25.1 Å². The van der Waals surface area contributed by atoms with Gasteiger partial charge in [0.05, 0.1) is 16.8 Å². The van der Waals surface area contributed by atoms with Crippen LogP contribution in [-0.4, -0.2) is 10.9 Å². The molecule has 0 amide bonds. The molecule has 1 rings (SSSR count). The normalized spacial score (nSPS) is 9.79. The molecule has 0 radical (unpaired) electrons. The summed E-state index contributed by atoms with van der Waals surface area (Å²) >= 11 is 7.26. The second-order valence-corrected chi connectivity index (χ2v) is 4.08. The highest BCUT2D eigenvalue weighted by Gasteiger charge is 2.09. The zero-order valence-corrected chi connectivity index (χ0v) is 9.32. The Labute approximate surface area is 92.5 Å². The highest BCUT2D eigenvalue weighted by atomic mass is 35.5. The molecule has 0 fully saturated rings. The van der Waals surface area contributed by atoms with Crippen molar-refractivity contribution in [1.82, 2.24) is 0 Å². The minimum atomic E-state index is 0.136. The average Bonchev–Trinajstić information content (AvgIpc) is 2.20. The van der Waals surface area contributed by atoms with Gasteiger partial charge < -0.3 is 5.11 Å². The zero-order chi connectivity index (χ0) is 10.6. The molecule has 0 heterocycles. The van der Waals surface area contributed by atoms with Crippen LogP contribution in [0.15, 0.2) is 17.0 Å². The average molecular weight is 228 g/mol.